The maximum atomic E-state index is 12.7. The Morgan fingerprint density at radius 1 is 1.24 bits per heavy atom. The summed E-state index contributed by atoms with van der Waals surface area (Å²) < 4.78 is 5.15. The number of hydrogen-bond donors (Lipinski definition) is 1. The van der Waals surface area contributed by atoms with Gasteiger partial charge in [-0.1, -0.05) is 30.3 Å². The van der Waals surface area contributed by atoms with Gasteiger partial charge in [0.05, 0.1) is 19.8 Å². The largest absolute Gasteiger partial charge is 0.480 e. The molecule has 0 aromatic heterocycles. The lowest BCUT2D eigenvalue weighted by molar-refractivity contribution is -0.155. The van der Waals surface area contributed by atoms with Crippen LogP contribution in [0.5, 0.6) is 0 Å². The minimum atomic E-state index is -1.11. The van der Waals surface area contributed by atoms with E-state index in [0.29, 0.717) is 0 Å². The van der Waals surface area contributed by atoms with Gasteiger partial charge in [0.15, 0.2) is 6.04 Å². The molecule has 1 atom stereocenters. The predicted molar refractivity (Wildman–Crippen MR) is 87.6 cm³/mol. The average Bonchev–Trinajstić information content (AvgIpc) is 2.64. The van der Waals surface area contributed by atoms with E-state index in [0.717, 1.165) is 5.56 Å². The number of morpholine rings is 1. The summed E-state index contributed by atoms with van der Waals surface area (Å²) in [5.41, 5.74) is 1.12. The van der Waals surface area contributed by atoms with E-state index in [1.54, 1.807) is 0 Å². The molecule has 1 saturated heterocycles. The fourth-order valence-electron chi connectivity index (χ4n) is 2.85. The van der Waals surface area contributed by atoms with Crippen molar-refractivity contribution in [3.8, 4) is 0 Å². The van der Waals surface area contributed by atoms with Crippen LogP contribution in [0.3, 0.4) is 0 Å². The highest BCUT2D eigenvalue weighted by Crippen LogP contribution is 2.17. The van der Waals surface area contributed by atoms with E-state index in [-0.39, 0.29) is 50.8 Å². The Morgan fingerprint density at radius 3 is 2.72 bits per heavy atom. The topological polar surface area (TPSA) is 99.5 Å². The van der Waals surface area contributed by atoms with E-state index in [2.05, 4.69) is 5.10 Å². The number of rotatable bonds is 4. The van der Waals surface area contributed by atoms with Gasteiger partial charge in [0.2, 0.25) is 5.91 Å². The van der Waals surface area contributed by atoms with E-state index in [1.165, 1.54) is 9.91 Å². The third-order valence-corrected chi connectivity index (χ3v) is 4.20. The van der Waals surface area contributed by atoms with E-state index < -0.39 is 17.9 Å². The molecule has 2 heterocycles. The number of carbonyl (C=O) groups is 3. The second-order valence-electron chi connectivity index (χ2n) is 5.91. The van der Waals surface area contributed by atoms with Crippen molar-refractivity contribution in [3.63, 3.8) is 0 Å². The molecule has 25 heavy (non-hydrogen) atoms. The number of nitrogens with zero attached hydrogens (tertiary/aromatic N) is 3. The summed E-state index contributed by atoms with van der Waals surface area (Å²) in [6.45, 7) is 0.722. The first-order valence-corrected chi connectivity index (χ1v) is 8.09. The molecular formula is C17H19N3O5. The lowest BCUT2D eigenvalue weighted by Gasteiger charge is -2.34. The summed E-state index contributed by atoms with van der Waals surface area (Å²) in [6.07, 6.45) is 0.395. The van der Waals surface area contributed by atoms with Crippen molar-refractivity contribution in [2.45, 2.75) is 25.4 Å². The van der Waals surface area contributed by atoms with Crippen molar-refractivity contribution in [1.29, 1.82) is 0 Å². The van der Waals surface area contributed by atoms with Crippen molar-refractivity contribution in [2.75, 3.05) is 19.8 Å². The maximum absolute atomic E-state index is 12.7. The summed E-state index contributed by atoms with van der Waals surface area (Å²) in [4.78, 5) is 37.4. The Balaban J connectivity index is 1.78. The number of amides is 2. The van der Waals surface area contributed by atoms with Gasteiger partial charge in [-0.25, -0.2) is 9.80 Å². The van der Waals surface area contributed by atoms with Crippen molar-refractivity contribution in [1.82, 2.24) is 9.91 Å². The molecule has 1 aromatic carbocycles. The maximum Gasteiger partial charge on any atom is 0.328 e. The SMILES string of the molecule is O=C(O)C1COCCN1C(=O)C1=NN(Cc2ccccc2)C(=O)CC1. The molecule has 2 amide bonds. The van der Waals surface area contributed by atoms with Gasteiger partial charge in [0.25, 0.3) is 5.91 Å². The molecular weight excluding hydrogens is 326 g/mol. The number of carbonyl (C=O) groups excluding carboxylic acids is 2. The zero-order valence-electron chi connectivity index (χ0n) is 13.6. The highest BCUT2D eigenvalue weighted by molar-refractivity contribution is 6.39. The number of aliphatic carboxylic acids is 1. The number of hydrogen-bond acceptors (Lipinski definition) is 5. The van der Waals surface area contributed by atoms with Crippen molar-refractivity contribution in [3.05, 3.63) is 35.9 Å². The van der Waals surface area contributed by atoms with Gasteiger partial charge >= 0.3 is 5.97 Å². The predicted octanol–water partition coefficient (Wildman–Crippen LogP) is 0.477. The molecule has 0 bridgehead atoms. The minimum Gasteiger partial charge on any atom is -0.480 e. The van der Waals surface area contributed by atoms with Gasteiger partial charge in [-0.05, 0) is 5.56 Å². The summed E-state index contributed by atoms with van der Waals surface area (Å²) in [5.74, 6) is -1.71. The number of benzene rings is 1. The fourth-order valence-corrected chi connectivity index (χ4v) is 2.85. The number of ether oxygens (including phenoxy) is 1. The van der Waals surface area contributed by atoms with Crippen LogP contribution in [-0.4, -0.2) is 64.3 Å². The molecule has 8 nitrogen and oxygen atoms in total. The molecule has 0 radical (unpaired) electrons. The van der Waals surface area contributed by atoms with Crippen molar-refractivity contribution in [2.24, 2.45) is 5.10 Å². The van der Waals surface area contributed by atoms with Crippen LogP contribution in [0.2, 0.25) is 0 Å². The van der Waals surface area contributed by atoms with Gasteiger partial charge in [-0.2, -0.15) is 5.10 Å². The van der Waals surface area contributed by atoms with Crippen molar-refractivity contribution < 1.29 is 24.2 Å². The average molecular weight is 345 g/mol. The summed E-state index contributed by atoms with van der Waals surface area (Å²) in [5, 5.41) is 14.7. The third-order valence-electron chi connectivity index (χ3n) is 4.20. The first kappa shape index (κ1) is 17.1. The van der Waals surface area contributed by atoms with Gasteiger partial charge in [-0.3, -0.25) is 9.59 Å². The Hall–Kier alpha value is -2.74. The third kappa shape index (κ3) is 3.85. The second-order valence-corrected chi connectivity index (χ2v) is 5.91. The zero-order valence-corrected chi connectivity index (χ0v) is 13.6. The highest BCUT2D eigenvalue weighted by Gasteiger charge is 2.36. The molecule has 0 aliphatic carbocycles. The van der Waals surface area contributed by atoms with Crippen LogP contribution in [0.15, 0.2) is 35.4 Å². The van der Waals surface area contributed by atoms with Crippen LogP contribution >= 0.6 is 0 Å². The highest BCUT2D eigenvalue weighted by atomic mass is 16.5. The normalized spacial score (nSPS) is 21.0. The van der Waals surface area contributed by atoms with Crippen LogP contribution in [-0.2, 0) is 25.7 Å². The molecule has 2 aliphatic heterocycles. The van der Waals surface area contributed by atoms with Crippen LogP contribution in [0.1, 0.15) is 18.4 Å². The van der Waals surface area contributed by atoms with Crippen LogP contribution < -0.4 is 0 Å². The molecule has 2 aliphatic rings. The molecule has 3 rings (SSSR count). The monoisotopic (exact) mass is 345 g/mol. The van der Waals surface area contributed by atoms with E-state index in [1.807, 2.05) is 30.3 Å². The Labute approximate surface area is 144 Å². The minimum absolute atomic E-state index is 0.0407. The standard InChI is InChI=1S/C17H19N3O5/c21-15-7-6-13(18-20(15)10-12-4-2-1-3-5-12)16(22)19-8-9-25-11-14(19)17(23)24/h1-5,14H,6-11H2,(H,23,24). The van der Waals surface area contributed by atoms with Gasteiger partial charge in [0.1, 0.15) is 5.71 Å². The van der Waals surface area contributed by atoms with Crippen molar-refractivity contribution >= 4 is 23.5 Å². The lowest BCUT2D eigenvalue weighted by Crippen LogP contribution is -2.55. The molecule has 1 N–H and O–H groups in total. The van der Waals surface area contributed by atoms with Gasteiger partial charge in [-0.15, -0.1) is 0 Å². The zero-order chi connectivity index (χ0) is 17.8. The fraction of sp³-hybridized carbons (Fsp3) is 0.412. The molecule has 1 unspecified atom stereocenters. The summed E-state index contributed by atoms with van der Waals surface area (Å²) in [6, 6.07) is 8.34. The molecule has 8 heteroatoms. The first-order valence-electron chi connectivity index (χ1n) is 8.09. The van der Waals surface area contributed by atoms with Crippen LogP contribution in [0.4, 0.5) is 0 Å². The Morgan fingerprint density at radius 2 is 2.00 bits per heavy atom. The number of carboxylic acid groups (broad SMARTS) is 1. The first-order chi connectivity index (χ1) is 12.1. The molecule has 1 aromatic rings. The molecule has 0 saturated carbocycles. The summed E-state index contributed by atoms with van der Waals surface area (Å²) in [7, 11) is 0. The lowest BCUT2D eigenvalue weighted by atomic mass is 10.1. The summed E-state index contributed by atoms with van der Waals surface area (Å²) >= 11 is 0. The molecule has 132 valence electrons. The van der Waals surface area contributed by atoms with Gasteiger partial charge < -0.3 is 14.7 Å². The molecule has 1 fully saturated rings. The quantitative estimate of drug-likeness (QED) is 0.855. The van der Waals surface area contributed by atoms with Gasteiger partial charge in [0, 0.05) is 19.4 Å². The van der Waals surface area contributed by atoms with Crippen LogP contribution in [0.25, 0.3) is 0 Å². The van der Waals surface area contributed by atoms with Crippen LogP contribution in [0, 0.1) is 0 Å². The van der Waals surface area contributed by atoms with E-state index in [9.17, 15) is 19.5 Å². The number of carboxylic acids is 1. The Kier molecular flexibility index (Phi) is 5.08. The Bertz CT molecular complexity index is 703. The smallest absolute Gasteiger partial charge is 0.328 e. The second kappa shape index (κ2) is 7.43. The number of hydrazone groups is 1. The molecule has 0 spiro atoms. The van der Waals surface area contributed by atoms with E-state index in [4.69, 9.17) is 4.74 Å². The van der Waals surface area contributed by atoms with E-state index >= 15 is 0 Å².